The fourth-order valence-electron chi connectivity index (χ4n) is 4.52. The molecule has 3 amide bonds. The molecule has 3 heterocycles. The number of hydrogen-bond donors (Lipinski definition) is 2. The summed E-state index contributed by atoms with van der Waals surface area (Å²) in [5.74, 6) is 1.60. The SMILES string of the molecule is CCNC(=O)Nc1ccc(-c2nc3c(c(N4CCOC[C@@H]4C)n2)CCN(C(C)=O)[C@H]3C)cc1. The second-order valence-electron chi connectivity index (χ2n) is 8.55. The Hall–Kier alpha value is -3.20. The number of benzene rings is 1. The van der Waals surface area contributed by atoms with Gasteiger partial charge in [-0.3, -0.25) is 4.79 Å². The Morgan fingerprint density at radius 2 is 1.91 bits per heavy atom. The number of rotatable bonds is 4. The third-order valence-corrected chi connectivity index (χ3v) is 6.27. The number of anilines is 2. The molecule has 1 aromatic heterocycles. The zero-order valence-corrected chi connectivity index (χ0v) is 19.7. The summed E-state index contributed by atoms with van der Waals surface area (Å²) in [6, 6.07) is 7.35. The number of hydrogen-bond acceptors (Lipinski definition) is 6. The van der Waals surface area contributed by atoms with Gasteiger partial charge in [-0.15, -0.1) is 0 Å². The topological polar surface area (TPSA) is 99.7 Å². The molecule has 2 aliphatic rings. The number of nitrogens with one attached hydrogen (secondary N) is 2. The van der Waals surface area contributed by atoms with Crippen LogP contribution >= 0.6 is 0 Å². The normalized spacial score (nSPS) is 20.2. The van der Waals surface area contributed by atoms with Gasteiger partial charge < -0.3 is 25.2 Å². The number of amides is 3. The zero-order valence-electron chi connectivity index (χ0n) is 19.7. The fraction of sp³-hybridized carbons (Fsp3) is 0.500. The van der Waals surface area contributed by atoms with E-state index >= 15 is 0 Å². The van der Waals surface area contributed by atoms with Crippen LogP contribution in [0.1, 0.15) is 45.0 Å². The Morgan fingerprint density at radius 1 is 1.15 bits per heavy atom. The summed E-state index contributed by atoms with van der Waals surface area (Å²) in [6.07, 6.45) is 0.730. The minimum absolute atomic E-state index is 0.0513. The van der Waals surface area contributed by atoms with Gasteiger partial charge in [-0.25, -0.2) is 14.8 Å². The molecule has 9 heteroatoms. The molecule has 9 nitrogen and oxygen atoms in total. The van der Waals surface area contributed by atoms with Crippen LogP contribution in [0.3, 0.4) is 0 Å². The lowest BCUT2D eigenvalue weighted by Crippen LogP contribution is -2.46. The van der Waals surface area contributed by atoms with Crippen molar-refractivity contribution in [2.24, 2.45) is 0 Å². The maximum absolute atomic E-state index is 12.2. The van der Waals surface area contributed by atoms with Crippen molar-refractivity contribution >= 4 is 23.4 Å². The van der Waals surface area contributed by atoms with E-state index in [9.17, 15) is 9.59 Å². The van der Waals surface area contributed by atoms with E-state index < -0.39 is 0 Å². The largest absolute Gasteiger partial charge is 0.377 e. The molecule has 1 aromatic carbocycles. The van der Waals surface area contributed by atoms with E-state index in [4.69, 9.17) is 14.7 Å². The number of aromatic nitrogens is 2. The van der Waals surface area contributed by atoms with Crippen molar-refractivity contribution in [3.05, 3.63) is 35.5 Å². The van der Waals surface area contributed by atoms with Crippen LogP contribution in [0.15, 0.2) is 24.3 Å². The van der Waals surface area contributed by atoms with Gasteiger partial charge in [-0.05, 0) is 51.5 Å². The predicted octanol–water partition coefficient (Wildman–Crippen LogP) is 2.98. The van der Waals surface area contributed by atoms with Crippen LogP contribution in [-0.4, -0.2) is 65.7 Å². The first-order chi connectivity index (χ1) is 15.9. The van der Waals surface area contributed by atoms with E-state index in [0.29, 0.717) is 37.8 Å². The van der Waals surface area contributed by atoms with Gasteiger partial charge in [0.2, 0.25) is 5.91 Å². The average Bonchev–Trinajstić information content (AvgIpc) is 2.80. The van der Waals surface area contributed by atoms with Gasteiger partial charge in [0.1, 0.15) is 5.82 Å². The molecule has 2 N–H and O–H groups in total. The number of carbonyl (C=O) groups excluding carboxylic acids is 2. The first-order valence-corrected chi connectivity index (χ1v) is 11.6. The van der Waals surface area contributed by atoms with Gasteiger partial charge in [0.25, 0.3) is 0 Å². The Bertz CT molecular complexity index is 1030. The van der Waals surface area contributed by atoms with Crippen LogP contribution in [-0.2, 0) is 16.0 Å². The van der Waals surface area contributed by atoms with E-state index in [-0.39, 0.29) is 24.0 Å². The maximum Gasteiger partial charge on any atom is 0.319 e. The molecular weight excluding hydrogens is 420 g/mol. The van der Waals surface area contributed by atoms with E-state index in [1.165, 1.54) is 0 Å². The van der Waals surface area contributed by atoms with E-state index in [0.717, 1.165) is 35.6 Å². The van der Waals surface area contributed by atoms with Crippen molar-refractivity contribution in [1.82, 2.24) is 20.2 Å². The van der Waals surface area contributed by atoms with Gasteiger partial charge in [-0.1, -0.05) is 0 Å². The standard InChI is InChI=1S/C24H32N6O3/c1-5-25-24(32)26-19-8-6-18(7-9-19)22-27-21-16(3)30(17(4)31)11-10-20(21)23(28-22)29-12-13-33-14-15(29)2/h6-9,15-16H,5,10-14H2,1-4H3,(H2,25,26,32)/t15-,16-/m0/s1. The minimum atomic E-state index is -0.239. The first kappa shape index (κ1) is 23.0. The molecule has 0 aliphatic carbocycles. The number of nitrogens with zero attached hydrogens (tertiary/aromatic N) is 4. The molecule has 0 bridgehead atoms. The summed E-state index contributed by atoms with van der Waals surface area (Å²) in [4.78, 5) is 38.1. The molecule has 0 spiro atoms. The number of morpholine rings is 1. The van der Waals surface area contributed by atoms with Crippen LogP contribution in [0, 0.1) is 0 Å². The number of fused-ring (bicyclic) bond motifs is 1. The smallest absolute Gasteiger partial charge is 0.319 e. The summed E-state index contributed by atoms with van der Waals surface area (Å²) in [7, 11) is 0. The van der Waals surface area contributed by atoms with Gasteiger partial charge in [0.05, 0.1) is 31.0 Å². The molecule has 2 aliphatic heterocycles. The molecule has 1 fully saturated rings. The highest BCUT2D eigenvalue weighted by atomic mass is 16.5. The van der Waals surface area contributed by atoms with Gasteiger partial charge in [0, 0.05) is 43.4 Å². The number of carbonyl (C=O) groups is 2. The summed E-state index contributed by atoms with van der Waals surface area (Å²) in [5, 5.41) is 5.53. The third-order valence-electron chi connectivity index (χ3n) is 6.27. The van der Waals surface area contributed by atoms with Gasteiger partial charge >= 0.3 is 6.03 Å². The molecule has 0 unspecified atom stereocenters. The molecule has 1 saturated heterocycles. The third kappa shape index (κ3) is 4.78. The molecule has 4 rings (SSSR count). The lowest BCUT2D eigenvalue weighted by Gasteiger charge is -2.39. The quantitative estimate of drug-likeness (QED) is 0.740. The second-order valence-corrected chi connectivity index (χ2v) is 8.55. The van der Waals surface area contributed by atoms with Crippen LogP contribution in [0.5, 0.6) is 0 Å². The predicted molar refractivity (Wildman–Crippen MR) is 127 cm³/mol. The van der Waals surface area contributed by atoms with Crippen molar-refractivity contribution < 1.29 is 14.3 Å². The summed E-state index contributed by atoms with van der Waals surface area (Å²) >= 11 is 0. The van der Waals surface area contributed by atoms with Crippen molar-refractivity contribution in [3.63, 3.8) is 0 Å². The highest BCUT2D eigenvalue weighted by molar-refractivity contribution is 5.89. The Kier molecular flexibility index (Phi) is 6.78. The maximum atomic E-state index is 12.2. The van der Waals surface area contributed by atoms with Crippen molar-refractivity contribution in [2.45, 2.75) is 46.2 Å². The second kappa shape index (κ2) is 9.74. The molecule has 0 saturated carbocycles. The molecule has 2 atom stereocenters. The zero-order chi connectivity index (χ0) is 23.5. The fourth-order valence-corrected chi connectivity index (χ4v) is 4.52. The minimum Gasteiger partial charge on any atom is -0.377 e. The van der Waals surface area contributed by atoms with Gasteiger partial charge in [0.15, 0.2) is 5.82 Å². The molecule has 176 valence electrons. The van der Waals surface area contributed by atoms with Crippen LogP contribution in [0.25, 0.3) is 11.4 Å². The van der Waals surface area contributed by atoms with Crippen molar-refractivity contribution in [3.8, 4) is 11.4 Å². The van der Waals surface area contributed by atoms with E-state index in [2.05, 4.69) is 22.5 Å². The van der Waals surface area contributed by atoms with E-state index in [1.54, 1.807) is 6.92 Å². The highest BCUT2D eigenvalue weighted by Crippen LogP contribution is 2.36. The van der Waals surface area contributed by atoms with Crippen LogP contribution < -0.4 is 15.5 Å². The molecule has 0 radical (unpaired) electrons. The molecule has 2 aromatic rings. The Morgan fingerprint density at radius 3 is 2.58 bits per heavy atom. The summed E-state index contributed by atoms with van der Waals surface area (Å²) in [6.45, 7) is 11.0. The number of urea groups is 1. The van der Waals surface area contributed by atoms with Crippen molar-refractivity contribution in [1.29, 1.82) is 0 Å². The lowest BCUT2D eigenvalue weighted by atomic mass is 9.97. The van der Waals surface area contributed by atoms with Gasteiger partial charge in [-0.2, -0.15) is 0 Å². The summed E-state index contributed by atoms with van der Waals surface area (Å²) < 4.78 is 5.65. The monoisotopic (exact) mass is 452 g/mol. The molecular formula is C24H32N6O3. The molecule has 33 heavy (non-hydrogen) atoms. The van der Waals surface area contributed by atoms with Crippen LogP contribution in [0.2, 0.25) is 0 Å². The van der Waals surface area contributed by atoms with Crippen molar-refractivity contribution in [2.75, 3.05) is 43.1 Å². The number of ether oxygens (including phenoxy) is 1. The first-order valence-electron chi connectivity index (χ1n) is 11.6. The van der Waals surface area contributed by atoms with Crippen LogP contribution in [0.4, 0.5) is 16.3 Å². The highest BCUT2D eigenvalue weighted by Gasteiger charge is 2.33. The summed E-state index contributed by atoms with van der Waals surface area (Å²) in [5.41, 5.74) is 3.57. The lowest BCUT2D eigenvalue weighted by molar-refractivity contribution is -0.131. The Balaban J connectivity index is 1.73. The van der Waals surface area contributed by atoms with E-state index in [1.807, 2.05) is 43.0 Å². The average molecular weight is 453 g/mol. The Labute approximate surface area is 194 Å².